The maximum absolute atomic E-state index is 11.7. The monoisotopic (exact) mass is 185 g/mol. The molecule has 1 saturated heterocycles. The Kier molecular flexibility index (Phi) is 3.27. The molecule has 0 saturated carbocycles. The third-order valence-electron chi connectivity index (χ3n) is 2.56. The highest BCUT2D eigenvalue weighted by atomic mass is 16.2. The van der Waals surface area contributed by atoms with Crippen molar-refractivity contribution in [3.8, 4) is 0 Å². The molecule has 4 nitrogen and oxygen atoms in total. The van der Waals surface area contributed by atoms with Crippen LogP contribution < -0.4 is 5.73 Å². The number of carbonyl (C=O) groups is 1. The lowest BCUT2D eigenvalue weighted by molar-refractivity contribution is -0.140. The minimum atomic E-state index is 0.00694. The highest BCUT2D eigenvalue weighted by molar-refractivity contribution is 5.82. The van der Waals surface area contributed by atoms with Gasteiger partial charge in [-0.3, -0.25) is 9.69 Å². The molecule has 1 heterocycles. The summed E-state index contributed by atoms with van der Waals surface area (Å²) in [5.41, 5.74) is 5.66. The largest absolute Gasteiger partial charge is 0.339 e. The van der Waals surface area contributed by atoms with E-state index in [4.69, 9.17) is 5.73 Å². The van der Waals surface area contributed by atoms with Gasteiger partial charge in [0.05, 0.1) is 6.04 Å². The van der Waals surface area contributed by atoms with Gasteiger partial charge < -0.3 is 10.6 Å². The van der Waals surface area contributed by atoms with Gasteiger partial charge >= 0.3 is 0 Å². The average Bonchev–Trinajstić information content (AvgIpc) is 2.06. The molecule has 0 spiro atoms. The third-order valence-corrected chi connectivity index (χ3v) is 2.56. The molecule has 2 atom stereocenters. The number of nitrogens with zero attached hydrogens (tertiary/aromatic N) is 2. The van der Waals surface area contributed by atoms with Crippen LogP contribution in [-0.2, 0) is 4.79 Å². The van der Waals surface area contributed by atoms with Crippen molar-refractivity contribution in [2.45, 2.75) is 25.9 Å². The lowest BCUT2D eigenvalue weighted by Gasteiger charge is -2.37. The van der Waals surface area contributed by atoms with Gasteiger partial charge in [-0.2, -0.15) is 0 Å². The molecule has 0 aliphatic carbocycles. The maximum atomic E-state index is 11.7. The lowest BCUT2D eigenvalue weighted by atomic mass is 10.2. The molecule has 1 aliphatic rings. The van der Waals surface area contributed by atoms with Crippen molar-refractivity contribution in [2.24, 2.45) is 5.73 Å². The van der Waals surface area contributed by atoms with E-state index < -0.39 is 0 Å². The highest BCUT2D eigenvalue weighted by Crippen LogP contribution is 2.08. The molecule has 2 unspecified atom stereocenters. The Morgan fingerprint density at radius 2 is 2.23 bits per heavy atom. The number of piperazine rings is 1. The van der Waals surface area contributed by atoms with Gasteiger partial charge in [0.2, 0.25) is 5.91 Å². The van der Waals surface area contributed by atoms with Crippen LogP contribution in [0.1, 0.15) is 13.8 Å². The van der Waals surface area contributed by atoms with E-state index in [0.29, 0.717) is 6.54 Å². The van der Waals surface area contributed by atoms with E-state index >= 15 is 0 Å². The Morgan fingerprint density at radius 3 is 2.77 bits per heavy atom. The van der Waals surface area contributed by atoms with Gasteiger partial charge in [-0.05, 0) is 20.9 Å². The van der Waals surface area contributed by atoms with Crippen molar-refractivity contribution in [3.63, 3.8) is 0 Å². The molecule has 1 fully saturated rings. The summed E-state index contributed by atoms with van der Waals surface area (Å²) >= 11 is 0. The Morgan fingerprint density at radius 1 is 1.62 bits per heavy atom. The summed E-state index contributed by atoms with van der Waals surface area (Å²) in [7, 11) is 1.98. The Hall–Kier alpha value is -0.610. The fourth-order valence-corrected chi connectivity index (χ4v) is 1.56. The Bertz CT molecular complexity index is 193. The molecule has 13 heavy (non-hydrogen) atoms. The first-order chi connectivity index (χ1) is 6.02. The summed E-state index contributed by atoms with van der Waals surface area (Å²) < 4.78 is 0. The quantitative estimate of drug-likeness (QED) is 0.631. The first-order valence-electron chi connectivity index (χ1n) is 4.77. The third kappa shape index (κ3) is 2.42. The number of hydrogen-bond donors (Lipinski definition) is 1. The molecule has 0 aromatic heterocycles. The van der Waals surface area contributed by atoms with Crippen LogP contribution >= 0.6 is 0 Å². The zero-order valence-corrected chi connectivity index (χ0v) is 8.66. The first kappa shape index (κ1) is 10.5. The first-order valence-corrected chi connectivity index (χ1v) is 4.77. The van der Waals surface area contributed by atoms with Crippen LogP contribution in [0.25, 0.3) is 0 Å². The minimum absolute atomic E-state index is 0.00694. The summed E-state index contributed by atoms with van der Waals surface area (Å²) in [6.07, 6.45) is 0. The number of likely N-dealkylation sites (N-methyl/N-ethyl adjacent to an activating group) is 1. The molecule has 2 N–H and O–H groups in total. The summed E-state index contributed by atoms with van der Waals surface area (Å²) in [6.45, 7) is 6.30. The van der Waals surface area contributed by atoms with E-state index in [0.717, 1.165) is 13.1 Å². The van der Waals surface area contributed by atoms with E-state index in [-0.39, 0.29) is 18.0 Å². The van der Waals surface area contributed by atoms with Crippen LogP contribution in [0.2, 0.25) is 0 Å². The van der Waals surface area contributed by atoms with Gasteiger partial charge in [-0.25, -0.2) is 0 Å². The number of carbonyl (C=O) groups excluding carboxylic acids is 1. The van der Waals surface area contributed by atoms with Crippen LogP contribution in [0.4, 0.5) is 0 Å². The number of nitrogens with two attached hydrogens (primary N) is 1. The van der Waals surface area contributed by atoms with Crippen LogP contribution in [0, 0.1) is 0 Å². The van der Waals surface area contributed by atoms with Crippen LogP contribution in [-0.4, -0.2) is 54.5 Å². The SMILES string of the molecule is CC(N)CN1CCN(C)C(C)C1=O. The van der Waals surface area contributed by atoms with Crippen molar-refractivity contribution in [1.82, 2.24) is 9.80 Å². The Labute approximate surface area is 79.7 Å². The fourth-order valence-electron chi connectivity index (χ4n) is 1.56. The van der Waals surface area contributed by atoms with Crippen LogP contribution in [0.15, 0.2) is 0 Å². The Balaban J connectivity index is 2.54. The van der Waals surface area contributed by atoms with Crippen molar-refractivity contribution in [3.05, 3.63) is 0 Å². The minimum Gasteiger partial charge on any atom is -0.339 e. The summed E-state index contributed by atoms with van der Waals surface area (Å²) in [6, 6.07) is 0.0760. The predicted octanol–water partition coefficient (Wildman–Crippen LogP) is -0.504. The van der Waals surface area contributed by atoms with E-state index in [1.165, 1.54) is 0 Å². The molecule has 1 amide bonds. The summed E-state index contributed by atoms with van der Waals surface area (Å²) in [4.78, 5) is 15.6. The zero-order chi connectivity index (χ0) is 10.0. The van der Waals surface area contributed by atoms with E-state index in [9.17, 15) is 4.79 Å². The summed E-state index contributed by atoms with van der Waals surface area (Å²) in [5.74, 6) is 0.200. The predicted molar refractivity (Wildman–Crippen MR) is 52.3 cm³/mol. The average molecular weight is 185 g/mol. The van der Waals surface area contributed by atoms with Gasteiger partial charge in [0, 0.05) is 25.7 Å². The molecule has 0 aromatic carbocycles. The van der Waals surface area contributed by atoms with Gasteiger partial charge in [0.25, 0.3) is 0 Å². The number of hydrogen-bond acceptors (Lipinski definition) is 3. The molecule has 0 bridgehead atoms. The molecule has 76 valence electrons. The van der Waals surface area contributed by atoms with Gasteiger partial charge in [0.1, 0.15) is 0 Å². The molecule has 1 aliphatic heterocycles. The van der Waals surface area contributed by atoms with Crippen LogP contribution in [0.3, 0.4) is 0 Å². The van der Waals surface area contributed by atoms with E-state index in [2.05, 4.69) is 4.90 Å². The standard InChI is InChI=1S/C9H19N3O/c1-7(10)6-12-5-4-11(3)8(2)9(12)13/h7-8H,4-6,10H2,1-3H3. The second kappa shape index (κ2) is 4.07. The van der Waals surface area contributed by atoms with Gasteiger partial charge in [-0.1, -0.05) is 0 Å². The molecular weight excluding hydrogens is 166 g/mol. The zero-order valence-electron chi connectivity index (χ0n) is 8.66. The van der Waals surface area contributed by atoms with Crippen molar-refractivity contribution >= 4 is 5.91 Å². The smallest absolute Gasteiger partial charge is 0.239 e. The van der Waals surface area contributed by atoms with Crippen molar-refractivity contribution in [1.29, 1.82) is 0 Å². The summed E-state index contributed by atoms with van der Waals surface area (Å²) in [5, 5.41) is 0. The molecule has 0 aromatic rings. The number of amides is 1. The molecular formula is C9H19N3O. The van der Waals surface area contributed by atoms with Crippen molar-refractivity contribution < 1.29 is 4.79 Å². The molecule has 4 heteroatoms. The molecule has 0 radical (unpaired) electrons. The number of rotatable bonds is 2. The fraction of sp³-hybridized carbons (Fsp3) is 0.889. The van der Waals surface area contributed by atoms with E-state index in [1.54, 1.807) is 0 Å². The molecule has 1 rings (SSSR count). The second-order valence-corrected chi connectivity index (χ2v) is 3.92. The van der Waals surface area contributed by atoms with Crippen LogP contribution in [0.5, 0.6) is 0 Å². The maximum Gasteiger partial charge on any atom is 0.239 e. The van der Waals surface area contributed by atoms with Gasteiger partial charge in [0.15, 0.2) is 0 Å². The lowest BCUT2D eigenvalue weighted by Crippen LogP contribution is -2.56. The van der Waals surface area contributed by atoms with Crippen molar-refractivity contribution in [2.75, 3.05) is 26.7 Å². The normalized spacial score (nSPS) is 27.8. The van der Waals surface area contributed by atoms with Gasteiger partial charge in [-0.15, -0.1) is 0 Å². The highest BCUT2D eigenvalue weighted by Gasteiger charge is 2.28. The van der Waals surface area contributed by atoms with E-state index in [1.807, 2.05) is 25.8 Å². The second-order valence-electron chi connectivity index (χ2n) is 3.92. The topological polar surface area (TPSA) is 49.6 Å².